The maximum atomic E-state index is 12.5. The molecule has 2 heterocycles. The first kappa shape index (κ1) is 14.7. The molecule has 0 spiro atoms. The van der Waals surface area contributed by atoms with Crippen molar-refractivity contribution >= 4 is 22.8 Å². The number of aromatic nitrogens is 2. The lowest BCUT2D eigenvalue weighted by Gasteiger charge is -2.21. The molecular formula is C16H21N5O. The van der Waals surface area contributed by atoms with Gasteiger partial charge in [-0.15, -0.1) is 0 Å². The van der Waals surface area contributed by atoms with E-state index in [1.165, 1.54) is 0 Å². The second-order valence-corrected chi connectivity index (χ2v) is 5.43. The first-order chi connectivity index (χ1) is 10.8. The highest BCUT2D eigenvalue weighted by Crippen LogP contribution is 2.19. The molecule has 3 rings (SSSR count). The molecule has 0 bridgehead atoms. The number of anilines is 1. The van der Waals surface area contributed by atoms with E-state index in [4.69, 9.17) is 0 Å². The predicted octanol–water partition coefficient (Wildman–Crippen LogP) is 2.19. The number of nitrogens with zero attached hydrogens (tertiary/aromatic N) is 4. The standard InChI is InChI=1S/C16H21N5O/c1-2-20-9-4-10-21(12-11-20)16(22)19-14-6-3-5-13-15(14)18-8-7-17-13/h3,5-8H,2,4,9-12H2,1H3,(H,19,22). The van der Waals surface area contributed by atoms with Crippen LogP contribution < -0.4 is 5.32 Å². The number of fused-ring (bicyclic) bond motifs is 1. The Labute approximate surface area is 130 Å². The van der Waals surface area contributed by atoms with Crippen LogP contribution >= 0.6 is 0 Å². The summed E-state index contributed by atoms with van der Waals surface area (Å²) >= 11 is 0. The molecule has 1 aliphatic heterocycles. The molecule has 1 aromatic carbocycles. The largest absolute Gasteiger partial charge is 0.323 e. The number of likely N-dealkylation sites (N-methyl/N-ethyl adjacent to an activating group) is 1. The molecule has 1 aliphatic rings. The van der Waals surface area contributed by atoms with Crippen molar-refractivity contribution in [3.63, 3.8) is 0 Å². The lowest BCUT2D eigenvalue weighted by Crippen LogP contribution is -2.38. The Kier molecular flexibility index (Phi) is 4.48. The Morgan fingerprint density at radius 3 is 2.91 bits per heavy atom. The van der Waals surface area contributed by atoms with Crippen LogP contribution in [0.5, 0.6) is 0 Å². The SMILES string of the molecule is CCN1CCCN(C(=O)Nc2cccc3nccnc23)CC1. The number of para-hydroxylation sites is 1. The molecule has 1 saturated heterocycles. The van der Waals surface area contributed by atoms with Gasteiger partial charge in [-0.3, -0.25) is 9.97 Å². The van der Waals surface area contributed by atoms with Crippen LogP contribution in [-0.2, 0) is 0 Å². The highest BCUT2D eigenvalue weighted by Gasteiger charge is 2.19. The maximum absolute atomic E-state index is 12.5. The van der Waals surface area contributed by atoms with Crippen molar-refractivity contribution < 1.29 is 4.79 Å². The van der Waals surface area contributed by atoms with Gasteiger partial charge in [-0.05, 0) is 31.6 Å². The Hall–Kier alpha value is -2.21. The third-order valence-electron chi connectivity index (χ3n) is 4.06. The number of hydrogen-bond donors (Lipinski definition) is 1. The van der Waals surface area contributed by atoms with Gasteiger partial charge < -0.3 is 15.1 Å². The molecule has 6 heteroatoms. The highest BCUT2D eigenvalue weighted by molar-refractivity contribution is 5.98. The summed E-state index contributed by atoms with van der Waals surface area (Å²) in [5.74, 6) is 0. The maximum Gasteiger partial charge on any atom is 0.321 e. The number of benzene rings is 1. The van der Waals surface area contributed by atoms with Gasteiger partial charge in [0.25, 0.3) is 0 Å². The zero-order valence-corrected chi connectivity index (χ0v) is 12.8. The van der Waals surface area contributed by atoms with Gasteiger partial charge in [0.05, 0.1) is 11.2 Å². The van der Waals surface area contributed by atoms with Crippen LogP contribution in [0.3, 0.4) is 0 Å². The van der Waals surface area contributed by atoms with E-state index in [0.29, 0.717) is 5.69 Å². The summed E-state index contributed by atoms with van der Waals surface area (Å²) in [6, 6.07) is 5.58. The third kappa shape index (κ3) is 3.17. The van der Waals surface area contributed by atoms with E-state index < -0.39 is 0 Å². The number of rotatable bonds is 2. The highest BCUT2D eigenvalue weighted by atomic mass is 16.2. The number of urea groups is 1. The Balaban J connectivity index is 1.73. The second kappa shape index (κ2) is 6.70. The van der Waals surface area contributed by atoms with Crippen molar-refractivity contribution in [3.8, 4) is 0 Å². The molecule has 2 aromatic rings. The van der Waals surface area contributed by atoms with Gasteiger partial charge in [-0.25, -0.2) is 4.79 Å². The summed E-state index contributed by atoms with van der Waals surface area (Å²) < 4.78 is 0. The van der Waals surface area contributed by atoms with Crippen LogP contribution in [0.1, 0.15) is 13.3 Å². The van der Waals surface area contributed by atoms with E-state index in [2.05, 4.69) is 27.1 Å². The Morgan fingerprint density at radius 2 is 2.05 bits per heavy atom. The molecule has 0 radical (unpaired) electrons. The lowest BCUT2D eigenvalue weighted by atomic mass is 10.2. The summed E-state index contributed by atoms with van der Waals surface area (Å²) in [5, 5.41) is 2.98. The Morgan fingerprint density at radius 1 is 1.18 bits per heavy atom. The molecule has 1 fully saturated rings. The average molecular weight is 299 g/mol. The summed E-state index contributed by atoms with van der Waals surface area (Å²) in [6.07, 6.45) is 4.31. The van der Waals surface area contributed by atoms with E-state index in [1.54, 1.807) is 12.4 Å². The van der Waals surface area contributed by atoms with Gasteiger partial charge in [0.15, 0.2) is 0 Å². The van der Waals surface area contributed by atoms with Gasteiger partial charge in [0.2, 0.25) is 0 Å². The molecule has 0 saturated carbocycles. The molecular weight excluding hydrogens is 278 g/mol. The van der Waals surface area contributed by atoms with Crippen molar-refractivity contribution in [1.82, 2.24) is 19.8 Å². The summed E-state index contributed by atoms with van der Waals surface area (Å²) in [4.78, 5) is 25.3. The number of carbonyl (C=O) groups excluding carboxylic acids is 1. The van der Waals surface area contributed by atoms with Crippen molar-refractivity contribution in [3.05, 3.63) is 30.6 Å². The van der Waals surface area contributed by atoms with Crippen LogP contribution in [0.2, 0.25) is 0 Å². The van der Waals surface area contributed by atoms with E-state index in [-0.39, 0.29) is 6.03 Å². The van der Waals surface area contributed by atoms with Gasteiger partial charge in [0, 0.05) is 32.0 Å². The molecule has 0 unspecified atom stereocenters. The van der Waals surface area contributed by atoms with E-state index in [0.717, 1.165) is 50.2 Å². The normalized spacial score (nSPS) is 16.5. The van der Waals surface area contributed by atoms with Crippen LogP contribution in [0.4, 0.5) is 10.5 Å². The van der Waals surface area contributed by atoms with Crippen LogP contribution in [0.25, 0.3) is 11.0 Å². The minimum absolute atomic E-state index is 0.0592. The zero-order chi connectivity index (χ0) is 15.4. The molecule has 1 N–H and O–H groups in total. The summed E-state index contributed by atoms with van der Waals surface area (Å²) in [5.41, 5.74) is 2.23. The van der Waals surface area contributed by atoms with Crippen LogP contribution in [0, 0.1) is 0 Å². The minimum atomic E-state index is -0.0592. The third-order valence-corrected chi connectivity index (χ3v) is 4.06. The van der Waals surface area contributed by atoms with Crippen molar-refractivity contribution in [2.24, 2.45) is 0 Å². The second-order valence-electron chi connectivity index (χ2n) is 5.43. The fraction of sp³-hybridized carbons (Fsp3) is 0.438. The number of nitrogens with one attached hydrogen (secondary N) is 1. The molecule has 22 heavy (non-hydrogen) atoms. The monoisotopic (exact) mass is 299 g/mol. The van der Waals surface area contributed by atoms with Gasteiger partial charge in [0.1, 0.15) is 5.52 Å². The molecule has 0 atom stereocenters. The number of carbonyl (C=O) groups is 1. The summed E-state index contributed by atoms with van der Waals surface area (Å²) in [7, 11) is 0. The van der Waals surface area contributed by atoms with Crippen molar-refractivity contribution in [1.29, 1.82) is 0 Å². The smallest absolute Gasteiger partial charge is 0.321 e. The molecule has 0 aliphatic carbocycles. The number of hydrogen-bond acceptors (Lipinski definition) is 4. The summed E-state index contributed by atoms with van der Waals surface area (Å²) in [6.45, 7) is 6.73. The first-order valence-electron chi connectivity index (χ1n) is 7.76. The molecule has 2 amide bonds. The van der Waals surface area contributed by atoms with Crippen LogP contribution in [-0.4, -0.2) is 58.5 Å². The zero-order valence-electron chi connectivity index (χ0n) is 12.8. The minimum Gasteiger partial charge on any atom is -0.323 e. The van der Waals surface area contributed by atoms with Gasteiger partial charge in [-0.2, -0.15) is 0 Å². The van der Waals surface area contributed by atoms with E-state index in [9.17, 15) is 4.79 Å². The predicted molar refractivity (Wildman–Crippen MR) is 86.9 cm³/mol. The quantitative estimate of drug-likeness (QED) is 0.923. The molecule has 1 aromatic heterocycles. The fourth-order valence-corrected chi connectivity index (χ4v) is 2.78. The van der Waals surface area contributed by atoms with Crippen molar-refractivity contribution in [2.45, 2.75) is 13.3 Å². The van der Waals surface area contributed by atoms with Crippen LogP contribution in [0.15, 0.2) is 30.6 Å². The fourth-order valence-electron chi connectivity index (χ4n) is 2.78. The average Bonchev–Trinajstić information content (AvgIpc) is 2.81. The van der Waals surface area contributed by atoms with Crippen molar-refractivity contribution in [2.75, 3.05) is 38.0 Å². The van der Waals surface area contributed by atoms with Gasteiger partial charge in [-0.1, -0.05) is 13.0 Å². The first-order valence-corrected chi connectivity index (χ1v) is 7.76. The van der Waals surface area contributed by atoms with E-state index in [1.807, 2.05) is 23.1 Å². The lowest BCUT2D eigenvalue weighted by molar-refractivity contribution is 0.212. The Bertz CT molecular complexity index is 655. The van der Waals surface area contributed by atoms with E-state index >= 15 is 0 Å². The molecule has 116 valence electrons. The topological polar surface area (TPSA) is 61.4 Å². The molecule has 6 nitrogen and oxygen atoms in total. The number of amides is 2. The van der Waals surface area contributed by atoms with Gasteiger partial charge >= 0.3 is 6.03 Å².